The van der Waals surface area contributed by atoms with Crippen LogP contribution in [-0.2, 0) is 16.0 Å². The standard InChI is InChI=1S/C22H26N4O5/c1-31-12-18(27)26-10-7-17-19(24-13-23-17)20(26)14-5-8-25(9-6-14)21(28)15-3-2-4-16(11-15)22(29)30/h2-4,11,13-14,20H,5-10,12H2,1H3,(H,23,24)(H,29,30). The first-order chi connectivity index (χ1) is 15.0. The molecule has 4 rings (SSSR count). The monoisotopic (exact) mass is 426 g/mol. The fourth-order valence-electron chi connectivity index (χ4n) is 4.66. The number of carboxylic acids is 1. The second kappa shape index (κ2) is 8.89. The number of nitrogens with one attached hydrogen (secondary N) is 1. The average Bonchev–Trinajstić information content (AvgIpc) is 3.27. The number of carboxylic acid groups (broad SMARTS) is 1. The van der Waals surface area contributed by atoms with Gasteiger partial charge in [0.25, 0.3) is 5.91 Å². The number of methoxy groups -OCH3 is 1. The van der Waals surface area contributed by atoms with Crippen LogP contribution < -0.4 is 0 Å². The Morgan fingerprint density at radius 2 is 1.94 bits per heavy atom. The Morgan fingerprint density at radius 3 is 2.65 bits per heavy atom. The number of hydrogen-bond donors (Lipinski definition) is 2. The number of imidazole rings is 1. The molecule has 1 fully saturated rings. The number of aromatic nitrogens is 2. The third-order valence-corrected chi connectivity index (χ3v) is 6.19. The lowest BCUT2D eigenvalue weighted by molar-refractivity contribution is -0.140. The van der Waals surface area contributed by atoms with Gasteiger partial charge in [-0.25, -0.2) is 9.78 Å². The number of amides is 2. The predicted molar refractivity (Wildman–Crippen MR) is 111 cm³/mol. The minimum Gasteiger partial charge on any atom is -0.478 e. The summed E-state index contributed by atoms with van der Waals surface area (Å²) in [7, 11) is 1.51. The molecule has 1 aromatic heterocycles. The molecule has 0 aliphatic carbocycles. The van der Waals surface area contributed by atoms with E-state index in [9.17, 15) is 19.5 Å². The Morgan fingerprint density at radius 1 is 1.19 bits per heavy atom. The zero-order valence-corrected chi connectivity index (χ0v) is 17.4. The minimum atomic E-state index is -1.05. The average molecular weight is 426 g/mol. The van der Waals surface area contributed by atoms with Gasteiger partial charge in [0.05, 0.1) is 23.6 Å². The van der Waals surface area contributed by atoms with Crippen molar-refractivity contribution < 1.29 is 24.2 Å². The quantitative estimate of drug-likeness (QED) is 0.752. The first kappa shape index (κ1) is 21.0. The normalized spacial score (nSPS) is 19.2. The van der Waals surface area contributed by atoms with Crippen LogP contribution in [0.15, 0.2) is 30.6 Å². The van der Waals surface area contributed by atoms with Crippen LogP contribution in [0.4, 0.5) is 0 Å². The number of H-pyrrole nitrogens is 1. The number of carbonyl (C=O) groups is 3. The van der Waals surface area contributed by atoms with Crippen molar-refractivity contribution >= 4 is 17.8 Å². The van der Waals surface area contributed by atoms with Crippen LogP contribution in [0.3, 0.4) is 0 Å². The molecule has 2 aromatic rings. The van der Waals surface area contributed by atoms with Gasteiger partial charge in [0, 0.05) is 44.4 Å². The fraction of sp³-hybridized carbons (Fsp3) is 0.455. The van der Waals surface area contributed by atoms with Gasteiger partial charge >= 0.3 is 5.97 Å². The number of hydrogen-bond acceptors (Lipinski definition) is 5. The molecule has 0 radical (unpaired) electrons. The Kier molecular flexibility index (Phi) is 6.03. The van der Waals surface area contributed by atoms with E-state index >= 15 is 0 Å². The number of fused-ring (bicyclic) bond motifs is 1. The van der Waals surface area contributed by atoms with Crippen LogP contribution >= 0.6 is 0 Å². The van der Waals surface area contributed by atoms with Crippen LogP contribution in [0.2, 0.25) is 0 Å². The van der Waals surface area contributed by atoms with E-state index in [-0.39, 0.29) is 35.9 Å². The summed E-state index contributed by atoms with van der Waals surface area (Å²) in [6.07, 6.45) is 3.88. The van der Waals surface area contributed by atoms with E-state index < -0.39 is 5.97 Å². The van der Waals surface area contributed by atoms with Crippen LogP contribution in [0.5, 0.6) is 0 Å². The number of nitrogens with zero attached hydrogens (tertiary/aromatic N) is 3. The smallest absolute Gasteiger partial charge is 0.335 e. The number of benzene rings is 1. The molecule has 0 bridgehead atoms. The summed E-state index contributed by atoms with van der Waals surface area (Å²) in [5.74, 6) is -1.10. The van der Waals surface area contributed by atoms with Crippen LogP contribution in [0, 0.1) is 5.92 Å². The highest BCUT2D eigenvalue weighted by molar-refractivity contribution is 5.97. The maximum atomic E-state index is 12.9. The van der Waals surface area contributed by atoms with Gasteiger partial charge in [0.2, 0.25) is 5.91 Å². The number of likely N-dealkylation sites (tertiary alicyclic amines) is 1. The summed E-state index contributed by atoms with van der Waals surface area (Å²) in [6.45, 7) is 1.74. The highest BCUT2D eigenvalue weighted by Gasteiger charge is 2.39. The lowest BCUT2D eigenvalue weighted by atomic mass is 9.83. The van der Waals surface area contributed by atoms with Crippen LogP contribution in [-0.4, -0.2) is 76.0 Å². The van der Waals surface area contributed by atoms with Gasteiger partial charge in [-0.1, -0.05) is 6.07 Å². The lowest BCUT2D eigenvalue weighted by Gasteiger charge is -2.43. The summed E-state index contributed by atoms with van der Waals surface area (Å²) in [4.78, 5) is 48.1. The third-order valence-electron chi connectivity index (χ3n) is 6.19. The van der Waals surface area contributed by atoms with Crippen molar-refractivity contribution in [1.29, 1.82) is 0 Å². The second-order valence-corrected chi connectivity index (χ2v) is 8.00. The summed E-state index contributed by atoms with van der Waals surface area (Å²) < 4.78 is 5.07. The molecule has 2 amide bonds. The fourth-order valence-corrected chi connectivity index (χ4v) is 4.66. The molecular formula is C22H26N4O5. The van der Waals surface area contributed by atoms with Gasteiger partial charge in [-0.05, 0) is 37.0 Å². The number of rotatable bonds is 5. The molecule has 2 aliphatic rings. The topological polar surface area (TPSA) is 116 Å². The van der Waals surface area contributed by atoms with Crippen molar-refractivity contribution in [1.82, 2.24) is 19.8 Å². The number of carbonyl (C=O) groups excluding carboxylic acids is 2. The zero-order chi connectivity index (χ0) is 22.0. The first-order valence-corrected chi connectivity index (χ1v) is 10.4. The molecule has 31 heavy (non-hydrogen) atoms. The van der Waals surface area contributed by atoms with E-state index in [1.165, 1.54) is 19.2 Å². The lowest BCUT2D eigenvalue weighted by Crippen LogP contribution is -2.48. The van der Waals surface area contributed by atoms with E-state index in [2.05, 4.69) is 9.97 Å². The van der Waals surface area contributed by atoms with Gasteiger partial charge in [-0.2, -0.15) is 0 Å². The van der Waals surface area contributed by atoms with Crippen molar-refractivity contribution in [2.24, 2.45) is 5.92 Å². The highest BCUT2D eigenvalue weighted by atomic mass is 16.5. The van der Waals surface area contributed by atoms with Crippen molar-refractivity contribution in [3.63, 3.8) is 0 Å². The molecule has 1 saturated heterocycles. The van der Waals surface area contributed by atoms with Gasteiger partial charge in [0.1, 0.15) is 6.61 Å². The van der Waals surface area contributed by atoms with Gasteiger partial charge in [-0.3, -0.25) is 9.59 Å². The molecule has 0 saturated carbocycles. The van der Waals surface area contributed by atoms with Gasteiger partial charge in [0.15, 0.2) is 0 Å². The summed E-state index contributed by atoms with van der Waals surface area (Å²) in [6, 6.07) is 5.98. The SMILES string of the molecule is COCC(=O)N1CCc2[nH]cnc2C1C1CCN(C(=O)c2cccc(C(=O)O)c2)CC1. The molecule has 2 aliphatic heterocycles. The van der Waals surface area contributed by atoms with E-state index in [0.29, 0.717) is 25.2 Å². The maximum absolute atomic E-state index is 12.9. The molecular weight excluding hydrogens is 400 g/mol. The Labute approximate surface area is 180 Å². The molecule has 1 atom stereocenters. The zero-order valence-electron chi connectivity index (χ0n) is 17.4. The Bertz CT molecular complexity index is 980. The first-order valence-electron chi connectivity index (χ1n) is 10.4. The molecule has 164 valence electrons. The molecule has 9 nitrogen and oxygen atoms in total. The summed E-state index contributed by atoms with van der Waals surface area (Å²) in [5, 5.41) is 9.18. The van der Waals surface area contributed by atoms with Crippen molar-refractivity contribution in [3.8, 4) is 0 Å². The largest absolute Gasteiger partial charge is 0.478 e. The van der Waals surface area contributed by atoms with Crippen LogP contribution in [0.25, 0.3) is 0 Å². The molecule has 0 spiro atoms. The van der Waals surface area contributed by atoms with Crippen LogP contribution in [0.1, 0.15) is 51.0 Å². The number of aromatic carboxylic acids is 1. The van der Waals surface area contributed by atoms with E-state index in [4.69, 9.17) is 4.74 Å². The van der Waals surface area contributed by atoms with Crippen molar-refractivity contribution in [2.45, 2.75) is 25.3 Å². The Balaban J connectivity index is 1.48. The predicted octanol–water partition coefficient (Wildman–Crippen LogP) is 1.73. The molecule has 9 heteroatoms. The van der Waals surface area contributed by atoms with E-state index in [1.807, 2.05) is 4.90 Å². The number of piperidine rings is 1. The number of ether oxygens (including phenoxy) is 1. The van der Waals surface area contributed by atoms with E-state index in [1.54, 1.807) is 23.4 Å². The molecule has 1 aromatic carbocycles. The molecule has 3 heterocycles. The van der Waals surface area contributed by atoms with Crippen molar-refractivity contribution in [3.05, 3.63) is 53.1 Å². The maximum Gasteiger partial charge on any atom is 0.335 e. The summed E-state index contributed by atoms with van der Waals surface area (Å²) >= 11 is 0. The minimum absolute atomic E-state index is 0.0352. The van der Waals surface area contributed by atoms with Gasteiger partial charge in [-0.15, -0.1) is 0 Å². The van der Waals surface area contributed by atoms with Gasteiger partial charge < -0.3 is 24.6 Å². The van der Waals surface area contributed by atoms with E-state index in [0.717, 1.165) is 30.7 Å². The molecule has 2 N–H and O–H groups in total. The second-order valence-electron chi connectivity index (χ2n) is 8.00. The molecule has 1 unspecified atom stereocenters. The Hall–Kier alpha value is -3.20. The highest BCUT2D eigenvalue weighted by Crippen LogP contribution is 2.39. The summed E-state index contributed by atoms with van der Waals surface area (Å²) in [5.41, 5.74) is 2.45. The van der Waals surface area contributed by atoms with Crippen molar-refractivity contribution in [2.75, 3.05) is 33.4 Å². The number of aromatic amines is 1. The third kappa shape index (κ3) is 4.18.